The SMILES string of the molecule is C=C(/C=C\C=C/O)c1cccc(N(c2ccccc2C)c2cc3oc4cc(Nc5cccc6c5oc5ccccc56)ccc4c3c3ccccc23)c1.C=C/C=C\C=C(C)C. The van der Waals surface area contributed by atoms with Crippen LogP contribution in [0.4, 0.5) is 28.4 Å². The molecule has 0 aliphatic heterocycles. The second-order valence-corrected chi connectivity index (χ2v) is 14.8. The Bertz CT molecular complexity index is 3170. The fraction of sp³-hybridized carbons (Fsp3) is 0.0545. The van der Waals surface area contributed by atoms with Gasteiger partial charge in [-0.25, -0.2) is 0 Å². The molecule has 9 aromatic rings. The molecule has 0 saturated carbocycles. The van der Waals surface area contributed by atoms with Crippen molar-refractivity contribution in [3.05, 3.63) is 218 Å². The van der Waals surface area contributed by atoms with E-state index in [0.29, 0.717) is 0 Å². The van der Waals surface area contributed by atoms with Crippen molar-refractivity contribution in [2.24, 2.45) is 0 Å². The highest BCUT2D eigenvalue weighted by atomic mass is 16.3. The zero-order valence-electron chi connectivity index (χ0n) is 34.0. The van der Waals surface area contributed by atoms with E-state index >= 15 is 0 Å². The Labute approximate surface area is 350 Å². The van der Waals surface area contributed by atoms with Crippen LogP contribution in [-0.2, 0) is 0 Å². The number of allylic oxidation sites excluding steroid dienone is 9. The predicted octanol–water partition coefficient (Wildman–Crippen LogP) is 16.5. The molecule has 0 amide bonds. The van der Waals surface area contributed by atoms with Crippen molar-refractivity contribution >= 4 is 88.7 Å². The van der Waals surface area contributed by atoms with Crippen LogP contribution in [0.5, 0.6) is 0 Å². The van der Waals surface area contributed by atoms with E-state index in [1.54, 1.807) is 18.2 Å². The van der Waals surface area contributed by atoms with Crippen molar-refractivity contribution in [2.45, 2.75) is 20.8 Å². The molecule has 0 spiro atoms. The van der Waals surface area contributed by atoms with E-state index < -0.39 is 0 Å². The van der Waals surface area contributed by atoms with Gasteiger partial charge in [0, 0.05) is 56.1 Å². The quantitative estimate of drug-likeness (QED) is 0.107. The summed E-state index contributed by atoms with van der Waals surface area (Å²) in [5.74, 6) is 0. The third-order valence-electron chi connectivity index (χ3n) is 10.4. The summed E-state index contributed by atoms with van der Waals surface area (Å²) < 4.78 is 13.0. The van der Waals surface area contributed by atoms with Crippen molar-refractivity contribution in [3.8, 4) is 0 Å². The van der Waals surface area contributed by atoms with Crippen LogP contribution in [-0.4, -0.2) is 5.11 Å². The van der Waals surface area contributed by atoms with E-state index in [1.165, 1.54) is 5.57 Å². The number of hydrogen-bond donors (Lipinski definition) is 2. The van der Waals surface area contributed by atoms with Crippen LogP contribution in [0, 0.1) is 6.92 Å². The molecule has 0 saturated heterocycles. The summed E-state index contributed by atoms with van der Waals surface area (Å²) in [5.41, 5.74) is 12.4. The van der Waals surface area contributed by atoms with Crippen molar-refractivity contribution in [1.29, 1.82) is 0 Å². The summed E-state index contributed by atoms with van der Waals surface area (Å²) in [6.45, 7) is 14.1. The first-order valence-corrected chi connectivity index (χ1v) is 19.9. The van der Waals surface area contributed by atoms with Crippen LogP contribution in [0.25, 0.3) is 60.2 Å². The van der Waals surface area contributed by atoms with Crippen LogP contribution >= 0.6 is 0 Å². The molecule has 2 aromatic heterocycles. The number of aryl methyl sites for hydroxylation is 1. The first-order valence-electron chi connectivity index (χ1n) is 19.9. The normalized spacial score (nSPS) is 11.6. The molecule has 0 aliphatic rings. The highest BCUT2D eigenvalue weighted by molar-refractivity contribution is 6.23. The number of rotatable bonds is 10. The van der Waals surface area contributed by atoms with Gasteiger partial charge in [0.1, 0.15) is 16.7 Å². The van der Waals surface area contributed by atoms with Gasteiger partial charge in [0.2, 0.25) is 0 Å². The zero-order chi connectivity index (χ0) is 41.6. The average Bonchev–Trinajstić information content (AvgIpc) is 3.84. The molecule has 60 heavy (non-hydrogen) atoms. The lowest BCUT2D eigenvalue weighted by atomic mass is 9.99. The summed E-state index contributed by atoms with van der Waals surface area (Å²) in [7, 11) is 0. The van der Waals surface area contributed by atoms with Gasteiger partial charge in [-0.2, -0.15) is 0 Å². The number of fused-ring (bicyclic) bond motifs is 8. The minimum absolute atomic E-state index is 0.795. The number of aliphatic hydroxyl groups is 1. The molecule has 0 aliphatic carbocycles. The topological polar surface area (TPSA) is 61.8 Å². The molecule has 0 atom stereocenters. The smallest absolute Gasteiger partial charge is 0.158 e. The molecule has 2 N–H and O–H groups in total. The van der Waals surface area contributed by atoms with Crippen LogP contribution < -0.4 is 10.2 Å². The van der Waals surface area contributed by atoms with Crippen molar-refractivity contribution in [2.75, 3.05) is 10.2 Å². The maximum Gasteiger partial charge on any atom is 0.158 e. The van der Waals surface area contributed by atoms with Crippen molar-refractivity contribution in [3.63, 3.8) is 0 Å². The maximum atomic E-state index is 9.10. The summed E-state index contributed by atoms with van der Waals surface area (Å²) in [4.78, 5) is 2.30. The number of para-hydroxylation sites is 3. The number of nitrogens with one attached hydrogen (secondary N) is 1. The van der Waals surface area contributed by atoms with Gasteiger partial charge in [-0.15, -0.1) is 0 Å². The number of hydrogen-bond acceptors (Lipinski definition) is 5. The lowest BCUT2D eigenvalue weighted by molar-refractivity contribution is 0.474. The van der Waals surface area contributed by atoms with Crippen LogP contribution in [0.3, 0.4) is 0 Å². The van der Waals surface area contributed by atoms with Crippen LogP contribution in [0.2, 0.25) is 0 Å². The number of anilines is 5. The van der Waals surface area contributed by atoms with E-state index in [1.807, 2.05) is 48.6 Å². The molecule has 7 aromatic carbocycles. The standard InChI is InChI=1S/C47H34N2O3.C8H12/c1-30(13-9-10-26-50)32-15-11-16-34(27-32)49(41-22-7-3-14-31(41)2)42-29-45-46(37-19-5-4-17-35(37)42)39-25-24-33(28-44(39)51-45)48-40-21-12-20-38-36-18-6-8-23-43(36)52-47(38)40;1-4-5-6-7-8(2)3/h3-29,48,50H,1H2,2H3;4-7H,1H2,2-3H3/b13-9-,26-10-;6-5-. The largest absolute Gasteiger partial charge is 0.516 e. The van der Waals surface area contributed by atoms with Gasteiger partial charge in [-0.1, -0.05) is 140 Å². The summed E-state index contributed by atoms with van der Waals surface area (Å²) in [6.07, 6.45) is 13.9. The number of aliphatic hydroxyl groups excluding tert-OH is 1. The molecule has 294 valence electrons. The maximum absolute atomic E-state index is 9.10. The molecule has 0 fully saturated rings. The Morgan fingerprint density at radius 1 is 0.633 bits per heavy atom. The lowest BCUT2D eigenvalue weighted by Crippen LogP contribution is -2.12. The third-order valence-corrected chi connectivity index (χ3v) is 10.4. The molecule has 0 radical (unpaired) electrons. The van der Waals surface area contributed by atoms with Crippen molar-refractivity contribution in [1.82, 2.24) is 0 Å². The third kappa shape index (κ3) is 7.89. The highest BCUT2D eigenvalue weighted by Crippen LogP contribution is 2.46. The Morgan fingerprint density at radius 2 is 1.38 bits per heavy atom. The van der Waals surface area contributed by atoms with Gasteiger partial charge >= 0.3 is 0 Å². The second kappa shape index (κ2) is 17.4. The van der Waals surface area contributed by atoms with Gasteiger partial charge in [-0.05, 0) is 91.4 Å². The molecule has 0 bridgehead atoms. The number of nitrogens with zero attached hydrogens (tertiary/aromatic N) is 1. The molecular formula is C55H46N2O3. The van der Waals surface area contributed by atoms with E-state index in [-0.39, 0.29) is 0 Å². The monoisotopic (exact) mass is 782 g/mol. The fourth-order valence-electron chi connectivity index (χ4n) is 7.60. The molecular weight excluding hydrogens is 737 g/mol. The highest BCUT2D eigenvalue weighted by Gasteiger charge is 2.22. The molecule has 0 unspecified atom stereocenters. The average molecular weight is 783 g/mol. The summed E-state index contributed by atoms with van der Waals surface area (Å²) >= 11 is 0. The number of benzene rings is 7. The van der Waals surface area contributed by atoms with Gasteiger partial charge in [-0.3, -0.25) is 0 Å². The Hall–Kier alpha value is -7.76. The Kier molecular flexibility index (Phi) is 11.3. The van der Waals surface area contributed by atoms with Gasteiger partial charge in [0.25, 0.3) is 0 Å². The molecule has 2 heterocycles. The van der Waals surface area contributed by atoms with E-state index in [0.717, 1.165) is 106 Å². The minimum Gasteiger partial charge on any atom is -0.516 e. The number of furan rings is 2. The van der Waals surface area contributed by atoms with Crippen LogP contribution in [0.15, 0.2) is 216 Å². The molecule has 5 heteroatoms. The van der Waals surface area contributed by atoms with Crippen molar-refractivity contribution < 1.29 is 13.9 Å². The lowest BCUT2D eigenvalue weighted by Gasteiger charge is -2.28. The first-order chi connectivity index (χ1) is 29.3. The van der Waals surface area contributed by atoms with Gasteiger partial charge in [0.05, 0.1) is 17.6 Å². The molecule has 9 rings (SSSR count). The van der Waals surface area contributed by atoms with Crippen LogP contribution in [0.1, 0.15) is 25.0 Å². The van der Waals surface area contributed by atoms with Gasteiger partial charge < -0.3 is 24.2 Å². The summed E-state index contributed by atoms with van der Waals surface area (Å²) in [6, 6.07) is 48.1. The summed E-state index contributed by atoms with van der Waals surface area (Å²) in [5, 5.41) is 19.2. The zero-order valence-corrected chi connectivity index (χ0v) is 34.0. The van der Waals surface area contributed by atoms with Gasteiger partial charge in [0.15, 0.2) is 5.58 Å². The Balaban J connectivity index is 0.000000568. The van der Waals surface area contributed by atoms with E-state index in [4.69, 9.17) is 13.9 Å². The Morgan fingerprint density at radius 3 is 2.18 bits per heavy atom. The van der Waals surface area contributed by atoms with E-state index in [2.05, 4.69) is 159 Å². The predicted molar refractivity (Wildman–Crippen MR) is 256 cm³/mol. The first kappa shape index (κ1) is 39.1. The minimum atomic E-state index is 0.795. The van der Waals surface area contributed by atoms with E-state index in [9.17, 15) is 0 Å². The second-order valence-electron chi connectivity index (χ2n) is 14.8. The fourth-order valence-corrected chi connectivity index (χ4v) is 7.60. The molecule has 5 nitrogen and oxygen atoms in total.